The molecular formula is C17H21NO3. The van der Waals surface area contributed by atoms with Gasteiger partial charge in [-0.15, -0.1) is 0 Å². The van der Waals surface area contributed by atoms with Crippen LogP contribution in [0.25, 0.3) is 11.3 Å². The van der Waals surface area contributed by atoms with E-state index in [1.54, 1.807) is 7.11 Å². The summed E-state index contributed by atoms with van der Waals surface area (Å²) >= 11 is 0. The van der Waals surface area contributed by atoms with Crippen LogP contribution in [0.2, 0.25) is 0 Å². The molecule has 0 bridgehead atoms. The highest BCUT2D eigenvalue weighted by atomic mass is 16.5. The third-order valence-electron chi connectivity index (χ3n) is 4.11. The number of nitrogens with zero attached hydrogens (tertiary/aromatic N) is 1. The summed E-state index contributed by atoms with van der Waals surface area (Å²) in [6.07, 6.45) is 1.07. The van der Waals surface area contributed by atoms with E-state index in [-0.39, 0.29) is 18.8 Å². The van der Waals surface area contributed by atoms with Crippen molar-refractivity contribution in [3.63, 3.8) is 0 Å². The highest BCUT2D eigenvalue weighted by molar-refractivity contribution is 5.57. The Balaban J connectivity index is 1.70. The molecule has 21 heavy (non-hydrogen) atoms. The van der Waals surface area contributed by atoms with Gasteiger partial charge in [-0.3, -0.25) is 4.90 Å². The highest BCUT2D eigenvalue weighted by Gasteiger charge is 2.32. The molecule has 1 saturated heterocycles. The monoisotopic (exact) mass is 287 g/mol. The van der Waals surface area contributed by atoms with Gasteiger partial charge in [0, 0.05) is 25.3 Å². The lowest BCUT2D eigenvalue weighted by atomic mass is 10.2. The Morgan fingerprint density at radius 3 is 2.76 bits per heavy atom. The molecule has 3 rings (SSSR count). The number of furan rings is 1. The summed E-state index contributed by atoms with van der Waals surface area (Å²) in [6.45, 7) is 1.70. The molecule has 1 aliphatic rings. The minimum Gasteiger partial charge on any atom is -0.460 e. The second-order valence-electron chi connectivity index (χ2n) is 5.49. The Hall–Kier alpha value is -1.62. The Morgan fingerprint density at radius 1 is 1.24 bits per heavy atom. The van der Waals surface area contributed by atoms with E-state index in [1.165, 1.54) is 0 Å². The van der Waals surface area contributed by atoms with Gasteiger partial charge in [0.15, 0.2) is 0 Å². The van der Waals surface area contributed by atoms with Crippen molar-refractivity contribution in [3.05, 3.63) is 48.2 Å². The standard InChI is InChI=1S/C17H21NO3/c1-20-16-9-14(12-19)18(11-16)10-15-7-8-17(21-15)13-5-3-2-4-6-13/h2-8,14,16,19H,9-12H2,1H3/t14-,16+/m0/s1. The number of ether oxygens (including phenoxy) is 1. The quantitative estimate of drug-likeness (QED) is 0.918. The van der Waals surface area contributed by atoms with Gasteiger partial charge in [0.25, 0.3) is 0 Å². The largest absolute Gasteiger partial charge is 0.460 e. The predicted octanol–water partition coefficient (Wildman–Crippen LogP) is 2.53. The molecule has 1 N–H and O–H groups in total. The molecule has 0 amide bonds. The minimum absolute atomic E-state index is 0.153. The average Bonchev–Trinajstić information content (AvgIpc) is 3.15. The Labute approximate surface area is 124 Å². The average molecular weight is 287 g/mol. The maximum atomic E-state index is 9.48. The van der Waals surface area contributed by atoms with E-state index in [9.17, 15) is 5.11 Å². The Kier molecular flexibility index (Phi) is 4.39. The molecule has 0 saturated carbocycles. The number of methoxy groups -OCH3 is 1. The van der Waals surface area contributed by atoms with Gasteiger partial charge < -0.3 is 14.3 Å². The van der Waals surface area contributed by atoms with Gasteiger partial charge in [-0.1, -0.05) is 30.3 Å². The molecule has 0 aliphatic carbocycles. The van der Waals surface area contributed by atoms with E-state index in [1.807, 2.05) is 42.5 Å². The number of aliphatic hydroxyl groups is 1. The first-order valence-electron chi connectivity index (χ1n) is 7.32. The minimum atomic E-state index is 0.153. The first-order valence-corrected chi connectivity index (χ1v) is 7.32. The number of likely N-dealkylation sites (tertiary alicyclic amines) is 1. The Morgan fingerprint density at radius 2 is 2.05 bits per heavy atom. The molecule has 1 fully saturated rings. The maximum Gasteiger partial charge on any atom is 0.134 e. The summed E-state index contributed by atoms with van der Waals surface area (Å²) in [5, 5.41) is 9.48. The van der Waals surface area contributed by atoms with Crippen LogP contribution in [0.4, 0.5) is 0 Å². The Bertz CT molecular complexity index is 566. The first kappa shape index (κ1) is 14.3. The molecule has 4 nitrogen and oxygen atoms in total. The van der Waals surface area contributed by atoms with Gasteiger partial charge in [0.05, 0.1) is 19.3 Å². The van der Waals surface area contributed by atoms with Crippen molar-refractivity contribution < 1.29 is 14.3 Å². The molecule has 0 unspecified atom stereocenters. The van der Waals surface area contributed by atoms with Gasteiger partial charge in [-0.25, -0.2) is 0 Å². The zero-order valence-corrected chi connectivity index (χ0v) is 12.2. The lowest BCUT2D eigenvalue weighted by Gasteiger charge is -2.20. The molecule has 112 valence electrons. The third-order valence-corrected chi connectivity index (χ3v) is 4.11. The van der Waals surface area contributed by atoms with E-state index < -0.39 is 0 Å². The molecule has 4 heteroatoms. The summed E-state index contributed by atoms with van der Waals surface area (Å²) in [6, 6.07) is 14.2. The van der Waals surface area contributed by atoms with Gasteiger partial charge in [0.1, 0.15) is 11.5 Å². The lowest BCUT2D eigenvalue weighted by Crippen LogP contribution is -2.31. The van der Waals surface area contributed by atoms with Crippen LogP contribution in [0.5, 0.6) is 0 Å². The van der Waals surface area contributed by atoms with Crippen molar-refractivity contribution in [3.8, 4) is 11.3 Å². The summed E-state index contributed by atoms with van der Waals surface area (Å²) in [7, 11) is 1.73. The second kappa shape index (κ2) is 6.43. The topological polar surface area (TPSA) is 45.8 Å². The molecule has 2 aromatic rings. The summed E-state index contributed by atoms with van der Waals surface area (Å²) < 4.78 is 11.3. The zero-order valence-electron chi connectivity index (χ0n) is 12.2. The van der Waals surface area contributed by atoms with Crippen molar-refractivity contribution in [2.75, 3.05) is 20.3 Å². The predicted molar refractivity (Wildman–Crippen MR) is 80.8 cm³/mol. The van der Waals surface area contributed by atoms with Crippen LogP contribution in [0.1, 0.15) is 12.2 Å². The fourth-order valence-corrected chi connectivity index (χ4v) is 2.91. The normalized spacial score (nSPS) is 22.8. The molecule has 1 aliphatic heterocycles. The van der Waals surface area contributed by atoms with Crippen LogP contribution in [-0.4, -0.2) is 42.4 Å². The van der Waals surface area contributed by atoms with Crippen LogP contribution in [0.3, 0.4) is 0 Å². The van der Waals surface area contributed by atoms with Gasteiger partial charge >= 0.3 is 0 Å². The third kappa shape index (κ3) is 3.18. The van der Waals surface area contributed by atoms with E-state index in [0.29, 0.717) is 6.54 Å². The van der Waals surface area contributed by atoms with Crippen molar-refractivity contribution in [1.29, 1.82) is 0 Å². The van der Waals surface area contributed by atoms with Crippen molar-refractivity contribution in [1.82, 2.24) is 4.90 Å². The summed E-state index contributed by atoms with van der Waals surface area (Å²) in [5.74, 6) is 1.80. The van der Waals surface area contributed by atoms with Crippen molar-refractivity contribution >= 4 is 0 Å². The van der Waals surface area contributed by atoms with Gasteiger partial charge in [-0.05, 0) is 18.6 Å². The SMILES string of the molecule is CO[C@@H]1C[C@@H](CO)N(Cc2ccc(-c3ccccc3)o2)C1. The van der Waals surface area contributed by atoms with E-state index in [0.717, 1.165) is 30.0 Å². The smallest absolute Gasteiger partial charge is 0.134 e. The number of rotatable bonds is 5. The van der Waals surface area contributed by atoms with Crippen molar-refractivity contribution in [2.24, 2.45) is 0 Å². The highest BCUT2D eigenvalue weighted by Crippen LogP contribution is 2.26. The second-order valence-corrected chi connectivity index (χ2v) is 5.49. The summed E-state index contributed by atoms with van der Waals surface area (Å²) in [5.41, 5.74) is 1.08. The van der Waals surface area contributed by atoms with E-state index >= 15 is 0 Å². The van der Waals surface area contributed by atoms with Crippen LogP contribution < -0.4 is 0 Å². The molecule has 2 heterocycles. The van der Waals surface area contributed by atoms with E-state index in [4.69, 9.17) is 9.15 Å². The zero-order chi connectivity index (χ0) is 14.7. The fourth-order valence-electron chi connectivity index (χ4n) is 2.91. The van der Waals surface area contributed by atoms with Gasteiger partial charge in [0.2, 0.25) is 0 Å². The van der Waals surface area contributed by atoms with Crippen molar-refractivity contribution in [2.45, 2.75) is 25.1 Å². The van der Waals surface area contributed by atoms with Gasteiger partial charge in [-0.2, -0.15) is 0 Å². The number of hydrogen-bond acceptors (Lipinski definition) is 4. The maximum absolute atomic E-state index is 9.48. The number of benzene rings is 1. The molecule has 1 aromatic carbocycles. The number of hydrogen-bond donors (Lipinski definition) is 1. The summed E-state index contributed by atoms with van der Waals surface area (Å²) in [4.78, 5) is 2.22. The van der Waals surface area contributed by atoms with Crippen LogP contribution in [0, 0.1) is 0 Å². The molecular weight excluding hydrogens is 266 g/mol. The fraction of sp³-hybridized carbons (Fsp3) is 0.412. The molecule has 1 aromatic heterocycles. The molecule has 0 spiro atoms. The number of aliphatic hydroxyl groups excluding tert-OH is 1. The molecule has 2 atom stereocenters. The van der Waals surface area contributed by atoms with Crippen LogP contribution >= 0.6 is 0 Å². The van der Waals surface area contributed by atoms with E-state index in [2.05, 4.69) is 4.90 Å². The van der Waals surface area contributed by atoms with Crippen LogP contribution in [0.15, 0.2) is 46.9 Å². The lowest BCUT2D eigenvalue weighted by molar-refractivity contribution is 0.106. The first-order chi connectivity index (χ1) is 10.3. The molecule has 0 radical (unpaired) electrons. The van der Waals surface area contributed by atoms with Crippen LogP contribution in [-0.2, 0) is 11.3 Å².